The minimum atomic E-state index is -0.0335. The Hall–Kier alpha value is -3.05. The van der Waals surface area contributed by atoms with Gasteiger partial charge in [0.15, 0.2) is 0 Å². The monoisotopic (exact) mass is 383 g/mol. The van der Waals surface area contributed by atoms with Gasteiger partial charge in [0.25, 0.3) is 0 Å². The molecule has 0 fully saturated rings. The fourth-order valence-corrected chi connectivity index (χ4v) is 3.29. The molecule has 0 bridgehead atoms. The molecule has 0 spiro atoms. The van der Waals surface area contributed by atoms with Gasteiger partial charge < -0.3 is 10.6 Å². The molecule has 2 N–H and O–H groups in total. The Morgan fingerprint density at radius 3 is 2.78 bits per heavy atom. The first-order valence-electron chi connectivity index (χ1n) is 8.38. The van der Waals surface area contributed by atoms with Crippen molar-refractivity contribution in [3.8, 4) is 6.07 Å². The molecule has 1 aliphatic heterocycles. The molecule has 0 radical (unpaired) electrons. The molecule has 2 heterocycles. The molecule has 1 aliphatic rings. The lowest BCUT2D eigenvalue weighted by molar-refractivity contribution is -0.109. The minimum absolute atomic E-state index is 0.0335. The molecule has 0 saturated heterocycles. The fourth-order valence-electron chi connectivity index (χ4n) is 2.34. The molecule has 3 rings (SSSR count). The second-order valence-electron chi connectivity index (χ2n) is 5.82. The van der Waals surface area contributed by atoms with Gasteiger partial charge in [0, 0.05) is 19.3 Å². The van der Waals surface area contributed by atoms with Crippen molar-refractivity contribution in [3.63, 3.8) is 0 Å². The van der Waals surface area contributed by atoms with Crippen LogP contribution >= 0.6 is 11.9 Å². The molecule has 0 unspecified atom stereocenters. The maximum absolute atomic E-state index is 11.5. The van der Waals surface area contributed by atoms with Gasteiger partial charge in [-0.05, 0) is 67.6 Å². The van der Waals surface area contributed by atoms with E-state index in [1.807, 2.05) is 39.0 Å². The molecule has 1 aromatic carbocycles. The number of nitrogens with zero attached hydrogens (tertiary/aromatic N) is 3. The summed E-state index contributed by atoms with van der Waals surface area (Å²) < 4.78 is 1.71. The lowest BCUT2D eigenvalue weighted by Gasteiger charge is -2.26. The van der Waals surface area contributed by atoms with Crippen molar-refractivity contribution < 1.29 is 9.59 Å². The lowest BCUT2D eigenvalue weighted by Crippen LogP contribution is -2.32. The third-order valence-corrected chi connectivity index (χ3v) is 4.99. The average molecular weight is 383 g/mol. The number of aromatic nitrogens is 1. The summed E-state index contributed by atoms with van der Waals surface area (Å²) in [4.78, 5) is 26.5. The molecular formula is C19H21N5O2S. The summed E-state index contributed by atoms with van der Waals surface area (Å²) in [6, 6.07) is 9.65. The Balaban J connectivity index is 0.000000194. The first-order valence-corrected chi connectivity index (χ1v) is 9.15. The van der Waals surface area contributed by atoms with Crippen LogP contribution in [-0.4, -0.2) is 28.3 Å². The molecule has 140 valence electrons. The van der Waals surface area contributed by atoms with Gasteiger partial charge in [-0.3, -0.25) is 9.10 Å². The molecular weight excluding hydrogens is 362 g/mol. The van der Waals surface area contributed by atoms with Gasteiger partial charge in [-0.2, -0.15) is 5.26 Å². The molecule has 2 aromatic rings. The molecule has 0 atom stereocenters. The summed E-state index contributed by atoms with van der Waals surface area (Å²) in [5, 5.41) is 13.9. The smallest absolute Gasteiger partial charge is 0.332 e. The van der Waals surface area contributed by atoms with Crippen LogP contribution in [0.3, 0.4) is 0 Å². The number of rotatable bonds is 4. The van der Waals surface area contributed by atoms with E-state index in [0.29, 0.717) is 25.2 Å². The molecule has 1 aromatic heterocycles. The number of carbonyl (C=O) groups is 2. The Kier molecular flexibility index (Phi) is 7.20. The van der Waals surface area contributed by atoms with E-state index in [2.05, 4.69) is 21.7 Å². The highest BCUT2D eigenvalue weighted by Gasteiger charge is 2.21. The second kappa shape index (κ2) is 9.59. The predicted molar refractivity (Wildman–Crippen MR) is 105 cm³/mol. The van der Waals surface area contributed by atoms with Crippen molar-refractivity contribution in [3.05, 3.63) is 52.8 Å². The standard InChI is InChI=1S/C10H12N2OS.C9H9N3O/c1-3-12-10(13)11-8-5-4-7(2)6-9(8)14-12;1-7-2-9(3-10)12-5-8(7)4-11-6-13/h4-6H,3H2,1-2H3,(H,11,13);2,5-6H,4H2,1H3,(H,11,13). The number of nitriles is 1. The number of fused-ring (bicyclic) bond motifs is 1. The molecule has 8 heteroatoms. The average Bonchev–Trinajstić information content (AvgIpc) is 2.67. The normalized spacial score (nSPS) is 12.1. The van der Waals surface area contributed by atoms with E-state index in [0.717, 1.165) is 21.7 Å². The van der Waals surface area contributed by atoms with E-state index in [4.69, 9.17) is 5.26 Å². The van der Waals surface area contributed by atoms with Gasteiger partial charge >= 0.3 is 6.03 Å². The number of carbonyl (C=O) groups excluding carboxylic acids is 2. The second-order valence-corrected chi connectivity index (χ2v) is 6.89. The highest BCUT2D eigenvalue weighted by molar-refractivity contribution is 7.97. The number of aryl methyl sites for hydroxylation is 2. The zero-order chi connectivity index (χ0) is 19.8. The zero-order valence-electron chi connectivity index (χ0n) is 15.4. The van der Waals surface area contributed by atoms with Gasteiger partial charge in [0.05, 0.1) is 10.6 Å². The summed E-state index contributed by atoms with van der Waals surface area (Å²) in [5.41, 5.74) is 4.40. The topological polar surface area (TPSA) is 98.1 Å². The Labute approximate surface area is 162 Å². The van der Waals surface area contributed by atoms with Gasteiger partial charge in [-0.25, -0.2) is 9.78 Å². The van der Waals surface area contributed by atoms with Crippen molar-refractivity contribution in [2.75, 3.05) is 11.9 Å². The number of amides is 3. The molecule has 3 amide bonds. The summed E-state index contributed by atoms with van der Waals surface area (Å²) >= 11 is 1.50. The summed E-state index contributed by atoms with van der Waals surface area (Å²) in [5.74, 6) is 0. The number of benzene rings is 1. The number of nitrogens with one attached hydrogen (secondary N) is 2. The third-order valence-electron chi connectivity index (χ3n) is 3.81. The lowest BCUT2D eigenvalue weighted by atomic mass is 10.1. The first-order chi connectivity index (χ1) is 13.0. The van der Waals surface area contributed by atoms with Gasteiger partial charge in [-0.15, -0.1) is 0 Å². The molecule has 7 nitrogen and oxygen atoms in total. The van der Waals surface area contributed by atoms with Crippen LogP contribution in [0.5, 0.6) is 0 Å². The SMILES string of the molecule is CCN1Sc2cc(C)ccc2NC1=O.Cc1cc(C#N)ncc1CNC=O. The maximum atomic E-state index is 11.5. The van der Waals surface area contributed by atoms with Crippen molar-refractivity contribution in [2.45, 2.75) is 32.2 Å². The highest BCUT2D eigenvalue weighted by atomic mass is 32.2. The summed E-state index contributed by atoms with van der Waals surface area (Å²) in [7, 11) is 0. The number of hydrogen-bond acceptors (Lipinski definition) is 5. The van der Waals surface area contributed by atoms with Crippen LogP contribution in [0.4, 0.5) is 10.5 Å². The van der Waals surface area contributed by atoms with Crippen LogP contribution in [-0.2, 0) is 11.3 Å². The maximum Gasteiger partial charge on any atom is 0.332 e. The van der Waals surface area contributed by atoms with Gasteiger partial charge in [0.2, 0.25) is 6.41 Å². The highest BCUT2D eigenvalue weighted by Crippen LogP contribution is 2.35. The van der Waals surface area contributed by atoms with Crippen LogP contribution < -0.4 is 10.6 Å². The number of anilines is 1. The van der Waals surface area contributed by atoms with Crippen molar-refractivity contribution in [1.82, 2.24) is 14.6 Å². The quantitative estimate of drug-likeness (QED) is 0.623. The van der Waals surface area contributed by atoms with E-state index in [-0.39, 0.29) is 6.03 Å². The van der Waals surface area contributed by atoms with Crippen molar-refractivity contribution in [1.29, 1.82) is 5.26 Å². The largest absolute Gasteiger partial charge is 0.355 e. The van der Waals surface area contributed by atoms with Gasteiger partial charge in [0.1, 0.15) is 11.8 Å². The summed E-state index contributed by atoms with van der Waals surface area (Å²) in [6.07, 6.45) is 2.24. The zero-order valence-corrected chi connectivity index (χ0v) is 16.3. The Bertz CT molecular complexity index is 879. The van der Waals surface area contributed by atoms with Crippen LogP contribution in [0.25, 0.3) is 0 Å². The van der Waals surface area contributed by atoms with Crippen LogP contribution in [0.2, 0.25) is 0 Å². The number of pyridine rings is 1. The van der Waals surface area contributed by atoms with Crippen LogP contribution in [0, 0.1) is 25.2 Å². The van der Waals surface area contributed by atoms with E-state index < -0.39 is 0 Å². The number of urea groups is 1. The third kappa shape index (κ3) is 5.46. The van der Waals surface area contributed by atoms with Crippen molar-refractivity contribution in [2.24, 2.45) is 0 Å². The predicted octanol–water partition coefficient (Wildman–Crippen LogP) is 3.38. The first kappa shape index (κ1) is 20.3. The Morgan fingerprint density at radius 2 is 2.15 bits per heavy atom. The van der Waals surface area contributed by atoms with Crippen molar-refractivity contribution >= 4 is 30.1 Å². The van der Waals surface area contributed by atoms with Crippen LogP contribution in [0.15, 0.2) is 35.4 Å². The summed E-state index contributed by atoms with van der Waals surface area (Å²) in [6.45, 7) is 7.06. The van der Waals surface area contributed by atoms with E-state index in [9.17, 15) is 9.59 Å². The fraction of sp³-hybridized carbons (Fsp3) is 0.263. The Morgan fingerprint density at radius 1 is 1.37 bits per heavy atom. The van der Waals surface area contributed by atoms with E-state index in [1.54, 1.807) is 16.6 Å². The molecule has 27 heavy (non-hydrogen) atoms. The van der Waals surface area contributed by atoms with E-state index in [1.165, 1.54) is 17.5 Å². The molecule has 0 aliphatic carbocycles. The van der Waals surface area contributed by atoms with Gasteiger partial charge in [-0.1, -0.05) is 6.07 Å². The number of hydrogen-bond donors (Lipinski definition) is 2. The minimum Gasteiger partial charge on any atom is -0.355 e. The molecule has 0 saturated carbocycles. The van der Waals surface area contributed by atoms with Crippen LogP contribution in [0.1, 0.15) is 29.3 Å². The van der Waals surface area contributed by atoms with E-state index >= 15 is 0 Å².